The summed E-state index contributed by atoms with van der Waals surface area (Å²) < 4.78 is 1.08. The Morgan fingerprint density at radius 3 is 2.43 bits per heavy atom. The van der Waals surface area contributed by atoms with Crippen LogP contribution in [0.15, 0.2) is 36.5 Å². The number of halogens is 1. The van der Waals surface area contributed by atoms with E-state index in [2.05, 4.69) is 32.9 Å². The van der Waals surface area contributed by atoms with E-state index in [0.717, 1.165) is 9.13 Å². The van der Waals surface area contributed by atoms with Gasteiger partial charge in [-0.15, -0.1) is 0 Å². The van der Waals surface area contributed by atoms with Crippen LogP contribution in [0, 0.1) is 3.57 Å². The molecule has 0 aliphatic rings. The molecule has 6 nitrogen and oxygen atoms in total. The first kappa shape index (κ1) is 15.2. The molecule has 1 aromatic heterocycles. The fourth-order valence-electron chi connectivity index (χ4n) is 1.67. The van der Waals surface area contributed by atoms with Crippen LogP contribution in [-0.2, 0) is 4.79 Å². The van der Waals surface area contributed by atoms with Gasteiger partial charge in [-0.2, -0.15) is 0 Å². The average molecular weight is 398 g/mol. The summed E-state index contributed by atoms with van der Waals surface area (Å²) in [5.74, 6) is -2.20. The monoisotopic (exact) mass is 398 g/mol. The topological polar surface area (TPSA) is 99.5 Å². The predicted molar refractivity (Wildman–Crippen MR) is 84.0 cm³/mol. The van der Waals surface area contributed by atoms with Gasteiger partial charge in [0.2, 0.25) is 0 Å². The summed E-state index contributed by atoms with van der Waals surface area (Å²) in [4.78, 5) is 26.0. The molecule has 3 N–H and O–H groups in total. The van der Waals surface area contributed by atoms with Crippen molar-refractivity contribution in [3.8, 4) is 16.9 Å². The van der Waals surface area contributed by atoms with E-state index >= 15 is 0 Å². The van der Waals surface area contributed by atoms with Crippen molar-refractivity contribution in [2.24, 2.45) is 0 Å². The zero-order valence-corrected chi connectivity index (χ0v) is 12.9. The van der Waals surface area contributed by atoms with E-state index in [9.17, 15) is 14.7 Å². The van der Waals surface area contributed by atoms with Crippen LogP contribution in [-0.4, -0.2) is 33.6 Å². The van der Waals surface area contributed by atoms with Gasteiger partial charge in [0.1, 0.15) is 12.3 Å². The highest BCUT2D eigenvalue weighted by molar-refractivity contribution is 14.1. The van der Waals surface area contributed by atoms with Crippen molar-refractivity contribution >= 4 is 34.5 Å². The van der Waals surface area contributed by atoms with Crippen LogP contribution in [0.2, 0.25) is 0 Å². The van der Waals surface area contributed by atoms with Gasteiger partial charge in [0.15, 0.2) is 5.69 Å². The molecule has 0 atom stereocenters. The van der Waals surface area contributed by atoms with Gasteiger partial charge in [-0.3, -0.25) is 9.59 Å². The SMILES string of the molecule is O=C(O)CNC(=O)c1ncc(-c2ccc(I)cc2)cc1O. The highest BCUT2D eigenvalue weighted by Crippen LogP contribution is 2.25. The highest BCUT2D eigenvalue weighted by Gasteiger charge is 2.14. The van der Waals surface area contributed by atoms with Crippen LogP contribution in [0.1, 0.15) is 10.5 Å². The second-order valence-corrected chi connectivity index (χ2v) is 5.42. The number of carbonyl (C=O) groups excluding carboxylic acids is 1. The maximum atomic E-state index is 11.7. The average Bonchev–Trinajstić information content (AvgIpc) is 2.45. The number of benzene rings is 1. The number of nitrogens with zero attached hydrogens (tertiary/aromatic N) is 1. The molecule has 108 valence electrons. The van der Waals surface area contributed by atoms with Crippen LogP contribution < -0.4 is 5.32 Å². The number of carboxylic acids is 1. The molecule has 0 saturated carbocycles. The minimum Gasteiger partial charge on any atom is -0.505 e. The van der Waals surface area contributed by atoms with Gasteiger partial charge in [-0.1, -0.05) is 12.1 Å². The molecule has 0 saturated heterocycles. The predicted octanol–water partition coefficient (Wildman–Crippen LogP) is 1.87. The zero-order chi connectivity index (χ0) is 15.4. The van der Waals surface area contributed by atoms with Gasteiger partial charge in [0, 0.05) is 15.3 Å². The van der Waals surface area contributed by atoms with Crippen molar-refractivity contribution in [2.45, 2.75) is 0 Å². The normalized spacial score (nSPS) is 10.1. The Kier molecular flexibility index (Phi) is 4.73. The van der Waals surface area contributed by atoms with E-state index in [0.29, 0.717) is 5.56 Å². The molecule has 0 spiro atoms. The first-order valence-corrected chi connectivity index (χ1v) is 7.00. The number of aliphatic carboxylic acids is 1. The Labute approximate surface area is 134 Å². The molecular weight excluding hydrogens is 387 g/mol. The van der Waals surface area contributed by atoms with Crippen LogP contribution >= 0.6 is 22.6 Å². The van der Waals surface area contributed by atoms with E-state index < -0.39 is 18.4 Å². The molecule has 2 rings (SSSR count). The number of carbonyl (C=O) groups is 2. The number of nitrogens with one attached hydrogen (secondary N) is 1. The quantitative estimate of drug-likeness (QED) is 0.683. The Morgan fingerprint density at radius 2 is 1.86 bits per heavy atom. The Hall–Kier alpha value is -2.16. The molecule has 0 unspecified atom stereocenters. The number of rotatable bonds is 4. The number of hydrogen-bond acceptors (Lipinski definition) is 4. The first-order valence-electron chi connectivity index (χ1n) is 5.92. The molecule has 21 heavy (non-hydrogen) atoms. The number of aromatic hydroxyl groups is 1. The number of aromatic nitrogens is 1. The fraction of sp³-hybridized carbons (Fsp3) is 0.0714. The largest absolute Gasteiger partial charge is 0.505 e. The van der Waals surface area contributed by atoms with E-state index in [1.807, 2.05) is 24.3 Å². The Bertz CT molecular complexity index is 686. The maximum absolute atomic E-state index is 11.7. The van der Waals surface area contributed by atoms with Crippen molar-refractivity contribution in [3.05, 3.63) is 45.8 Å². The summed E-state index contributed by atoms with van der Waals surface area (Å²) in [6.45, 7) is -0.529. The molecule has 0 aliphatic carbocycles. The molecule has 0 bridgehead atoms. The van der Waals surface area contributed by atoms with Gasteiger partial charge in [-0.25, -0.2) is 4.98 Å². The van der Waals surface area contributed by atoms with Crippen molar-refractivity contribution < 1.29 is 19.8 Å². The van der Waals surface area contributed by atoms with Gasteiger partial charge in [0.05, 0.1) is 0 Å². The van der Waals surface area contributed by atoms with E-state index in [4.69, 9.17) is 5.11 Å². The van der Waals surface area contributed by atoms with Gasteiger partial charge in [-0.05, 0) is 46.4 Å². The number of pyridine rings is 1. The minimum atomic E-state index is -1.17. The number of amides is 1. The minimum absolute atomic E-state index is 0.203. The van der Waals surface area contributed by atoms with Crippen LogP contribution in [0.3, 0.4) is 0 Å². The Morgan fingerprint density at radius 1 is 1.19 bits per heavy atom. The third-order valence-electron chi connectivity index (χ3n) is 2.66. The lowest BCUT2D eigenvalue weighted by atomic mass is 10.1. The second-order valence-electron chi connectivity index (χ2n) is 4.18. The third kappa shape index (κ3) is 3.91. The lowest BCUT2D eigenvalue weighted by Crippen LogP contribution is -2.29. The van der Waals surface area contributed by atoms with Gasteiger partial charge < -0.3 is 15.5 Å². The summed E-state index contributed by atoms with van der Waals surface area (Å²) in [6, 6.07) is 9.01. The fourth-order valence-corrected chi connectivity index (χ4v) is 2.03. The first-order chi connectivity index (χ1) is 9.97. The molecule has 2 aromatic rings. The van der Waals surface area contributed by atoms with E-state index in [-0.39, 0.29) is 11.4 Å². The van der Waals surface area contributed by atoms with Crippen molar-refractivity contribution in [1.29, 1.82) is 0 Å². The molecule has 1 aromatic carbocycles. The lowest BCUT2D eigenvalue weighted by Gasteiger charge is -2.07. The van der Waals surface area contributed by atoms with Crippen LogP contribution in [0.5, 0.6) is 5.75 Å². The maximum Gasteiger partial charge on any atom is 0.322 e. The third-order valence-corrected chi connectivity index (χ3v) is 3.38. The van der Waals surface area contributed by atoms with Crippen molar-refractivity contribution in [3.63, 3.8) is 0 Å². The Balaban J connectivity index is 2.23. The summed E-state index contributed by atoms with van der Waals surface area (Å²) in [5, 5.41) is 20.5. The molecule has 0 fully saturated rings. The smallest absolute Gasteiger partial charge is 0.322 e. The van der Waals surface area contributed by atoms with Crippen LogP contribution in [0.25, 0.3) is 11.1 Å². The zero-order valence-electron chi connectivity index (χ0n) is 10.7. The molecule has 1 heterocycles. The van der Waals surface area contributed by atoms with Crippen molar-refractivity contribution in [2.75, 3.05) is 6.54 Å². The second kappa shape index (κ2) is 6.53. The highest BCUT2D eigenvalue weighted by atomic mass is 127. The molecule has 0 aliphatic heterocycles. The molecule has 0 radical (unpaired) electrons. The van der Waals surface area contributed by atoms with Crippen LogP contribution in [0.4, 0.5) is 0 Å². The molecular formula is C14H11IN2O4. The summed E-state index contributed by atoms with van der Waals surface area (Å²) in [5.41, 5.74) is 1.32. The summed E-state index contributed by atoms with van der Waals surface area (Å²) in [7, 11) is 0. The number of hydrogen-bond donors (Lipinski definition) is 3. The molecule has 1 amide bonds. The summed E-state index contributed by atoms with van der Waals surface area (Å²) in [6.07, 6.45) is 1.46. The van der Waals surface area contributed by atoms with Gasteiger partial charge in [0.25, 0.3) is 5.91 Å². The molecule has 7 heteroatoms. The standard InChI is InChI=1S/C14H11IN2O4/c15-10-3-1-8(2-4-10)9-5-11(18)13(16-6-9)14(21)17-7-12(19)20/h1-6,18H,7H2,(H,17,21)(H,19,20). The number of carboxylic acid groups (broad SMARTS) is 1. The van der Waals surface area contributed by atoms with E-state index in [1.54, 1.807) is 0 Å². The summed E-state index contributed by atoms with van der Waals surface area (Å²) >= 11 is 2.19. The van der Waals surface area contributed by atoms with Gasteiger partial charge >= 0.3 is 5.97 Å². The van der Waals surface area contributed by atoms with E-state index in [1.165, 1.54) is 12.3 Å². The lowest BCUT2D eigenvalue weighted by molar-refractivity contribution is -0.135. The van der Waals surface area contributed by atoms with Crippen molar-refractivity contribution in [1.82, 2.24) is 10.3 Å².